The van der Waals surface area contributed by atoms with E-state index in [2.05, 4.69) is 64.4 Å². The molecule has 2 amide bonds. The molecule has 5 aliphatic carbocycles. The van der Waals surface area contributed by atoms with E-state index < -0.39 is 11.9 Å². The van der Waals surface area contributed by atoms with Crippen LogP contribution in [0.5, 0.6) is 5.75 Å². The van der Waals surface area contributed by atoms with Gasteiger partial charge in [-0.1, -0.05) is 91.3 Å². The zero-order valence-electron chi connectivity index (χ0n) is 39.2. The molecule has 0 heterocycles. The van der Waals surface area contributed by atoms with Gasteiger partial charge in [0, 0.05) is 41.2 Å². The topological polar surface area (TPSA) is 143 Å². The summed E-state index contributed by atoms with van der Waals surface area (Å²) in [6.45, 7) is 17.5. The number of hydrogen-bond acceptors (Lipinski definition) is 8. The maximum absolute atomic E-state index is 13.6. The summed E-state index contributed by atoms with van der Waals surface area (Å²) >= 11 is 0. The minimum Gasteiger partial charge on any atom is -0.507 e. The Labute approximate surface area is 380 Å². The second-order valence-electron chi connectivity index (χ2n) is 22.5. The molecule has 8 unspecified atom stereocenters. The summed E-state index contributed by atoms with van der Waals surface area (Å²) in [5.41, 5.74) is 2.72. The summed E-state index contributed by atoms with van der Waals surface area (Å²) in [5, 5.41) is 20.2. The van der Waals surface area contributed by atoms with Crippen molar-refractivity contribution in [1.82, 2.24) is 10.6 Å². The van der Waals surface area contributed by atoms with E-state index in [9.17, 15) is 24.3 Å². The van der Waals surface area contributed by atoms with Crippen LogP contribution in [0.25, 0.3) is 0 Å². The van der Waals surface area contributed by atoms with Crippen LogP contribution in [0.15, 0.2) is 60.7 Å². The van der Waals surface area contributed by atoms with E-state index in [1.807, 2.05) is 24.3 Å². The maximum atomic E-state index is 13.6. The van der Waals surface area contributed by atoms with Crippen LogP contribution in [-0.2, 0) is 15.9 Å². The van der Waals surface area contributed by atoms with Gasteiger partial charge in [0.25, 0.3) is 0 Å². The number of benzene rings is 3. The van der Waals surface area contributed by atoms with Crippen molar-refractivity contribution in [2.24, 2.45) is 51.2 Å². The van der Waals surface area contributed by atoms with Crippen LogP contribution in [0.3, 0.4) is 0 Å². The Balaban J connectivity index is 0.812. The number of phenolic OH excluding ortho intramolecular Hbond substituents is 1. The van der Waals surface area contributed by atoms with E-state index in [4.69, 9.17) is 9.47 Å². The van der Waals surface area contributed by atoms with Gasteiger partial charge in [0.1, 0.15) is 5.75 Å². The van der Waals surface area contributed by atoms with Crippen molar-refractivity contribution in [3.8, 4) is 5.75 Å². The molecule has 344 valence electrons. The predicted molar refractivity (Wildman–Crippen MR) is 250 cm³/mol. The lowest BCUT2D eigenvalue weighted by Gasteiger charge is -2.61. The first-order valence-corrected chi connectivity index (χ1v) is 24.1. The standard InChI is InChI=1S/C54H71N3O7/c1-33(2)35-16-18-41-36(27-35)17-21-44-53(6,23-11-24-54(41,44)7)32-64-49(61)55-31-52(5)29-38(28-51(3,4)30-52)57-50(62)63-25-22-34-12-10-13-37(26-34)56-42-19-20-43(58)46-45(42)47(59)39-14-8-9-15-40(39)48(46)60/h8-10,12-15,19-20,26,33,35-36,38,41,44,56,58H,11,16-18,21-25,27-32H2,1-7H3,(H,55,61)(H,57,62). The summed E-state index contributed by atoms with van der Waals surface area (Å²) in [6, 6.07) is 17.1. The molecule has 10 heteroatoms. The molecule has 3 aromatic carbocycles. The fourth-order valence-corrected chi connectivity index (χ4v) is 14.0. The minimum absolute atomic E-state index is 0.00736. The highest BCUT2D eigenvalue weighted by atomic mass is 16.6. The normalized spacial score (nSPS) is 30.5. The van der Waals surface area contributed by atoms with Crippen LogP contribution in [0.1, 0.15) is 157 Å². The molecule has 3 aromatic rings. The Morgan fingerprint density at radius 1 is 0.828 bits per heavy atom. The van der Waals surface area contributed by atoms with E-state index in [0.29, 0.717) is 54.3 Å². The molecular weight excluding hydrogens is 803 g/mol. The van der Waals surface area contributed by atoms with Crippen molar-refractivity contribution in [3.63, 3.8) is 0 Å². The number of aromatic hydroxyl groups is 1. The number of rotatable bonds is 11. The third-order valence-electron chi connectivity index (χ3n) is 16.6. The van der Waals surface area contributed by atoms with Crippen molar-refractivity contribution in [3.05, 3.63) is 88.5 Å². The van der Waals surface area contributed by atoms with Crippen LogP contribution in [0.2, 0.25) is 0 Å². The Bertz CT molecular complexity index is 2270. The predicted octanol–water partition coefficient (Wildman–Crippen LogP) is 11.8. The van der Waals surface area contributed by atoms with E-state index in [1.165, 1.54) is 51.0 Å². The van der Waals surface area contributed by atoms with Crippen molar-refractivity contribution in [1.29, 1.82) is 0 Å². The lowest BCUT2D eigenvalue weighted by atomic mass is 9.44. The van der Waals surface area contributed by atoms with Gasteiger partial charge in [0.2, 0.25) is 0 Å². The second-order valence-corrected chi connectivity index (χ2v) is 22.5. The van der Waals surface area contributed by atoms with Gasteiger partial charge >= 0.3 is 12.2 Å². The number of ketones is 2. The molecule has 0 aliphatic heterocycles. The highest BCUT2D eigenvalue weighted by Gasteiger charge is 2.57. The van der Waals surface area contributed by atoms with Gasteiger partial charge in [0.15, 0.2) is 11.6 Å². The molecule has 10 nitrogen and oxygen atoms in total. The van der Waals surface area contributed by atoms with E-state index in [-0.39, 0.29) is 63.2 Å². The average Bonchev–Trinajstić information content (AvgIpc) is 3.24. The Morgan fingerprint density at radius 3 is 2.33 bits per heavy atom. The van der Waals surface area contributed by atoms with E-state index >= 15 is 0 Å². The second kappa shape index (κ2) is 17.8. The molecular formula is C54H71N3O7. The monoisotopic (exact) mass is 874 g/mol. The number of amides is 2. The first kappa shape index (κ1) is 45.7. The summed E-state index contributed by atoms with van der Waals surface area (Å²) in [5.74, 6) is 2.88. The number of hydrogen-bond donors (Lipinski definition) is 4. The quantitative estimate of drug-likeness (QED) is 0.109. The first-order chi connectivity index (χ1) is 30.4. The molecule has 4 saturated carbocycles. The fourth-order valence-electron chi connectivity index (χ4n) is 14.0. The summed E-state index contributed by atoms with van der Waals surface area (Å²) < 4.78 is 11.8. The molecule has 64 heavy (non-hydrogen) atoms. The number of ether oxygens (including phenoxy) is 2. The van der Waals surface area contributed by atoms with Gasteiger partial charge in [-0.2, -0.15) is 0 Å². The van der Waals surface area contributed by atoms with Crippen molar-refractivity contribution in [2.75, 3.05) is 25.1 Å². The number of carbonyl (C=O) groups is 4. The number of carbonyl (C=O) groups excluding carboxylic acids is 4. The van der Waals surface area contributed by atoms with Crippen molar-refractivity contribution >= 4 is 35.1 Å². The number of nitrogens with one attached hydrogen (secondary N) is 3. The van der Waals surface area contributed by atoms with Gasteiger partial charge in [-0.25, -0.2) is 9.59 Å². The molecule has 8 rings (SSSR count). The SMILES string of the molecule is CC(C)C1CCC2C(CCC3C(C)(COC(=O)NCC4(C)CC(NC(=O)OCCc5cccc(Nc6ccc(O)c7c6C(=O)c6ccccc6C7=O)c5)CC(C)(C)C4)CCCC23C)C1. The Kier molecular flexibility index (Phi) is 12.7. The van der Waals surface area contributed by atoms with Crippen molar-refractivity contribution in [2.45, 2.75) is 132 Å². The average molecular weight is 874 g/mol. The van der Waals surface area contributed by atoms with Gasteiger partial charge in [-0.15, -0.1) is 0 Å². The van der Waals surface area contributed by atoms with Gasteiger partial charge in [-0.05, 0) is 140 Å². The number of phenols is 1. The smallest absolute Gasteiger partial charge is 0.407 e. The number of anilines is 2. The first-order valence-electron chi connectivity index (χ1n) is 24.1. The molecule has 0 spiro atoms. The minimum atomic E-state index is -0.472. The van der Waals surface area contributed by atoms with Crippen molar-refractivity contribution < 1.29 is 33.8 Å². The zero-order chi connectivity index (χ0) is 45.6. The highest BCUT2D eigenvalue weighted by molar-refractivity contribution is 6.31. The summed E-state index contributed by atoms with van der Waals surface area (Å²) in [6.07, 6.45) is 12.3. The van der Waals surface area contributed by atoms with E-state index in [0.717, 1.165) is 48.5 Å². The Hall–Kier alpha value is -4.86. The molecule has 5 aliphatic rings. The molecule has 4 N–H and O–H groups in total. The van der Waals surface area contributed by atoms with Gasteiger partial charge in [0.05, 0.1) is 30.0 Å². The van der Waals surface area contributed by atoms with E-state index in [1.54, 1.807) is 30.3 Å². The van der Waals surface area contributed by atoms with Crippen LogP contribution in [-0.4, -0.2) is 54.7 Å². The molecule has 4 fully saturated rings. The third-order valence-corrected chi connectivity index (χ3v) is 16.6. The lowest BCUT2D eigenvalue weighted by molar-refractivity contribution is -0.135. The number of fused-ring (bicyclic) bond motifs is 5. The maximum Gasteiger partial charge on any atom is 0.407 e. The van der Waals surface area contributed by atoms with Crippen LogP contribution >= 0.6 is 0 Å². The summed E-state index contributed by atoms with van der Waals surface area (Å²) in [7, 11) is 0. The molecule has 0 saturated heterocycles. The third kappa shape index (κ3) is 9.30. The largest absolute Gasteiger partial charge is 0.507 e. The Morgan fingerprint density at radius 2 is 1.58 bits per heavy atom. The summed E-state index contributed by atoms with van der Waals surface area (Å²) in [4.78, 5) is 53.5. The van der Waals surface area contributed by atoms with Crippen LogP contribution in [0, 0.1) is 51.2 Å². The zero-order valence-corrected chi connectivity index (χ0v) is 39.2. The molecule has 0 bridgehead atoms. The fraction of sp³-hybridized carbons (Fsp3) is 0.593. The van der Waals surface area contributed by atoms with Gasteiger partial charge in [-0.3, -0.25) is 9.59 Å². The number of alkyl carbamates (subject to hydrolysis) is 2. The van der Waals surface area contributed by atoms with Crippen LogP contribution < -0.4 is 16.0 Å². The van der Waals surface area contributed by atoms with Gasteiger partial charge < -0.3 is 30.5 Å². The van der Waals surface area contributed by atoms with Crippen LogP contribution in [0.4, 0.5) is 21.0 Å². The molecule has 8 atom stereocenters. The lowest BCUT2D eigenvalue weighted by Crippen LogP contribution is -2.55. The molecule has 0 radical (unpaired) electrons. The molecule has 0 aromatic heterocycles. The highest BCUT2D eigenvalue weighted by Crippen LogP contribution is 2.64.